The summed E-state index contributed by atoms with van der Waals surface area (Å²) in [6, 6.07) is 5.42. The fourth-order valence-electron chi connectivity index (χ4n) is 4.24. The first kappa shape index (κ1) is 21.3. The number of nitrogens with zero attached hydrogens (tertiary/aromatic N) is 3. The van der Waals surface area contributed by atoms with Crippen molar-refractivity contribution in [3.8, 4) is 11.8 Å². The van der Waals surface area contributed by atoms with Crippen LogP contribution < -0.4 is 20.3 Å². The van der Waals surface area contributed by atoms with Crippen molar-refractivity contribution in [2.75, 3.05) is 25.0 Å². The van der Waals surface area contributed by atoms with Crippen LogP contribution in [0.5, 0.6) is 11.8 Å². The summed E-state index contributed by atoms with van der Waals surface area (Å²) < 4.78 is 6.29. The van der Waals surface area contributed by atoms with E-state index < -0.39 is 0 Å². The van der Waals surface area contributed by atoms with E-state index in [1.54, 1.807) is 12.4 Å². The lowest BCUT2D eigenvalue weighted by molar-refractivity contribution is 0.420. The van der Waals surface area contributed by atoms with E-state index in [2.05, 4.69) is 51.6 Å². The van der Waals surface area contributed by atoms with Gasteiger partial charge in [-0.25, -0.2) is 9.97 Å². The van der Waals surface area contributed by atoms with Gasteiger partial charge in [-0.1, -0.05) is 0 Å². The van der Waals surface area contributed by atoms with Crippen molar-refractivity contribution in [2.45, 2.75) is 51.6 Å². The number of aryl methyl sites for hydroxylation is 1. The zero-order valence-electron chi connectivity index (χ0n) is 18.6. The van der Waals surface area contributed by atoms with E-state index >= 15 is 0 Å². The Balaban J connectivity index is 1.73. The Morgan fingerprint density at radius 2 is 1.97 bits per heavy atom. The van der Waals surface area contributed by atoms with Crippen LogP contribution >= 0.6 is 0 Å². The summed E-state index contributed by atoms with van der Waals surface area (Å²) in [7, 11) is 2.13. The molecule has 0 saturated carbocycles. The SMILES string of the molecule is Cc1cnc(Oc2c(/C(C=N)=C/NC3CCNCC3)ccc3c2CCC(C)N3C)nc1. The van der Waals surface area contributed by atoms with Crippen LogP contribution in [-0.4, -0.2) is 48.4 Å². The van der Waals surface area contributed by atoms with Crippen LogP contribution in [0.25, 0.3) is 5.57 Å². The van der Waals surface area contributed by atoms with Crippen LogP contribution in [0.3, 0.4) is 0 Å². The second kappa shape index (κ2) is 9.47. The highest BCUT2D eigenvalue weighted by atomic mass is 16.5. The lowest BCUT2D eigenvalue weighted by Crippen LogP contribution is -2.37. The molecule has 1 unspecified atom stereocenters. The quantitative estimate of drug-likeness (QED) is 0.618. The number of rotatable bonds is 6. The fourth-order valence-corrected chi connectivity index (χ4v) is 4.24. The molecule has 3 heterocycles. The number of anilines is 1. The Bertz CT molecular complexity index is 949. The fraction of sp³-hybridized carbons (Fsp3) is 0.458. The lowest BCUT2D eigenvalue weighted by atomic mass is 9.92. The molecule has 1 fully saturated rings. The van der Waals surface area contributed by atoms with Crippen molar-refractivity contribution in [3.63, 3.8) is 0 Å². The van der Waals surface area contributed by atoms with Gasteiger partial charge in [0.05, 0.1) is 0 Å². The summed E-state index contributed by atoms with van der Waals surface area (Å²) in [5, 5.41) is 15.0. The first-order valence-corrected chi connectivity index (χ1v) is 11.1. The van der Waals surface area contributed by atoms with E-state index in [-0.39, 0.29) is 0 Å². The maximum Gasteiger partial charge on any atom is 0.321 e. The summed E-state index contributed by atoms with van der Waals surface area (Å²) >= 11 is 0. The van der Waals surface area contributed by atoms with Crippen molar-refractivity contribution in [1.82, 2.24) is 20.6 Å². The maximum absolute atomic E-state index is 8.09. The molecule has 1 atom stereocenters. The van der Waals surface area contributed by atoms with Gasteiger partial charge in [-0.3, -0.25) is 0 Å². The molecule has 164 valence electrons. The third-order valence-electron chi connectivity index (χ3n) is 6.32. The van der Waals surface area contributed by atoms with Gasteiger partial charge in [0, 0.05) is 66.3 Å². The number of hydrogen-bond donors (Lipinski definition) is 3. The summed E-state index contributed by atoms with van der Waals surface area (Å²) in [5.41, 5.74) is 4.99. The number of nitrogens with one attached hydrogen (secondary N) is 3. The first-order valence-electron chi connectivity index (χ1n) is 11.1. The molecule has 2 aliphatic rings. The van der Waals surface area contributed by atoms with Gasteiger partial charge in [-0.15, -0.1) is 0 Å². The molecule has 7 nitrogen and oxygen atoms in total. The monoisotopic (exact) mass is 420 g/mol. The third-order valence-corrected chi connectivity index (χ3v) is 6.32. The molecule has 0 bridgehead atoms. The summed E-state index contributed by atoms with van der Waals surface area (Å²) in [6.07, 6.45) is 11.0. The van der Waals surface area contributed by atoms with Crippen LogP contribution in [0.4, 0.5) is 5.69 Å². The molecule has 1 saturated heterocycles. The minimum Gasteiger partial charge on any atom is -0.423 e. The molecule has 7 heteroatoms. The predicted octanol–water partition coefficient (Wildman–Crippen LogP) is 3.68. The minimum atomic E-state index is 0.331. The van der Waals surface area contributed by atoms with E-state index in [1.165, 1.54) is 11.9 Å². The Morgan fingerprint density at radius 1 is 1.23 bits per heavy atom. The number of allylic oxidation sites excluding steroid dienone is 1. The Labute approximate surface area is 184 Å². The molecule has 0 radical (unpaired) electrons. The van der Waals surface area contributed by atoms with Gasteiger partial charge in [-0.05, 0) is 70.3 Å². The lowest BCUT2D eigenvalue weighted by Gasteiger charge is -2.35. The summed E-state index contributed by atoms with van der Waals surface area (Å²) in [5.74, 6) is 0.752. The average molecular weight is 421 g/mol. The van der Waals surface area contributed by atoms with E-state index in [0.717, 1.165) is 66.8 Å². The van der Waals surface area contributed by atoms with Crippen molar-refractivity contribution in [3.05, 3.63) is 47.4 Å². The summed E-state index contributed by atoms with van der Waals surface area (Å²) in [4.78, 5) is 11.0. The zero-order chi connectivity index (χ0) is 21.8. The summed E-state index contributed by atoms with van der Waals surface area (Å²) in [6.45, 7) is 6.24. The molecule has 4 rings (SSSR count). The van der Waals surface area contributed by atoms with Gasteiger partial charge in [0.1, 0.15) is 5.75 Å². The second-order valence-electron chi connectivity index (χ2n) is 8.52. The van der Waals surface area contributed by atoms with Crippen LogP contribution in [0.2, 0.25) is 0 Å². The van der Waals surface area contributed by atoms with Crippen molar-refractivity contribution >= 4 is 17.5 Å². The molecule has 31 heavy (non-hydrogen) atoms. The van der Waals surface area contributed by atoms with Crippen LogP contribution in [0.1, 0.15) is 42.9 Å². The average Bonchev–Trinajstić information content (AvgIpc) is 2.80. The second-order valence-corrected chi connectivity index (χ2v) is 8.52. The molecule has 0 spiro atoms. The topological polar surface area (TPSA) is 86.2 Å². The smallest absolute Gasteiger partial charge is 0.321 e. The molecule has 1 aromatic heterocycles. The molecular formula is C24H32N6O. The first-order chi connectivity index (χ1) is 15.1. The van der Waals surface area contributed by atoms with Gasteiger partial charge in [0.2, 0.25) is 0 Å². The number of benzene rings is 1. The van der Waals surface area contributed by atoms with E-state index in [1.807, 2.05) is 13.1 Å². The standard InChI is InChI=1S/C24H32N6O/c1-16-13-28-24(29-14-16)31-23-20(6-7-22-21(23)5-4-17(2)30(22)3)18(12-25)15-27-19-8-10-26-11-9-19/h6-7,12-15,17,19,25-27H,4-5,8-11H2,1-3H3/b18-15+,25-12?. The number of fused-ring (bicyclic) bond motifs is 1. The third kappa shape index (κ3) is 4.71. The molecule has 1 aromatic carbocycles. The van der Waals surface area contributed by atoms with Gasteiger partial charge >= 0.3 is 6.01 Å². The maximum atomic E-state index is 8.09. The van der Waals surface area contributed by atoms with E-state index in [0.29, 0.717) is 18.1 Å². The van der Waals surface area contributed by atoms with Gasteiger partial charge < -0.3 is 25.7 Å². The zero-order valence-corrected chi connectivity index (χ0v) is 18.6. The molecule has 0 aliphatic carbocycles. The largest absolute Gasteiger partial charge is 0.423 e. The highest BCUT2D eigenvalue weighted by Gasteiger charge is 2.26. The highest BCUT2D eigenvalue weighted by molar-refractivity contribution is 6.09. The van der Waals surface area contributed by atoms with Gasteiger partial charge in [-0.2, -0.15) is 0 Å². The van der Waals surface area contributed by atoms with E-state index in [9.17, 15) is 0 Å². The Morgan fingerprint density at radius 3 is 2.68 bits per heavy atom. The highest BCUT2D eigenvalue weighted by Crippen LogP contribution is 2.41. The van der Waals surface area contributed by atoms with Gasteiger partial charge in [0.25, 0.3) is 0 Å². The number of piperidine rings is 1. The molecule has 0 amide bonds. The molecule has 3 N–H and O–H groups in total. The normalized spacial score (nSPS) is 19.6. The van der Waals surface area contributed by atoms with Crippen molar-refractivity contribution < 1.29 is 4.74 Å². The van der Waals surface area contributed by atoms with Gasteiger partial charge in [0.15, 0.2) is 0 Å². The van der Waals surface area contributed by atoms with Crippen molar-refractivity contribution in [2.24, 2.45) is 0 Å². The van der Waals surface area contributed by atoms with Crippen LogP contribution in [-0.2, 0) is 6.42 Å². The Hall–Kier alpha value is -2.93. The van der Waals surface area contributed by atoms with E-state index in [4.69, 9.17) is 10.1 Å². The molecule has 2 aromatic rings. The van der Waals surface area contributed by atoms with Crippen LogP contribution in [0, 0.1) is 12.3 Å². The Kier molecular flexibility index (Phi) is 6.51. The van der Waals surface area contributed by atoms with Crippen molar-refractivity contribution in [1.29, 1.82) is 5.41 Å². The number of aromatic nitrogens is 2. The minimum absolute atomic E-state index is 0.331. The number of ether oxygens (including phenoxy) is 1. The molecule has 2 aliphatic heterocycles. The predicted molar refractivity (Wildman–Crippen MR) is 125 cm³/mol. The van der Waals surface area contributed by atoms with Crippen LogP contribution in [0.15, 0.2) is 30.7 Å². The molecular weight excluding hydrogens is 388 g/mol. The number of hydrogen-bond acceptors (Lipinski definition) is 7.